The molecule has 2 heterocycles. The number of carboxylic acid groups (broad SMARTS) is 1. The summed E-state index contributed by atoms with van der Waals surface area (Å²) < 4.78 is 9.61. The number of nitrogens with two attached hydrogens (primary N) is 1. The summed E-state index contributed by atoms with van der Waals surface area (Å²) in [5, 5.41) is 24.0. The maximum atomic E-state index is 14.3. The summed E-state index contributed by atoms with van der Waals surface area (Å²) in [6.07, 6.45) is 5.84. The number of carbonyl (C=O) groups excluding carboxylic acids is 10. The number of aromatic nitrogens is 2. The number of aldehydes is 1. The van der Waals surface area contributed by atoms with Gasteiger partial charge in [-0.15, -0.1) is 0 Å². The van der Waals surface area contributed by atoms with Crippen molar-refractivity contribution in [2.45, 2.75) is 118 Å². The molecular formula is C74H89BN8NaO15. The molecular weight excluding hydrogens is 1270 g/mol. The van der Waals surface area contributed by atoms with Crippen molar-refractivity contribution in [2.75, 3.05) is 41.4 Å². The second kappa shape index (κ2) is 45.2. The second-order valence-corrected chi connectivity index (χ2v) is 23.3. The van der Waals surface area contributed by atoms with Crippen LogP contribution in [0.4, 0.5) is 0 Å². The van der Waals surface area contributed by atoms with Crippen LogP contribution in [0.3, 0.4) is 0 Å². The van der Waals surface area contributed by atoms with E-state index in [0.29, 0.717) is 37.8 Å². The number of carbonyl (C=O) groups is 10. The van der Waals surface area contributed by atoms with E-state index in [2.05, 4.69) is 55.6 Å². The fourth-order valence-corrected chi connectivity index (χ4v) is 10.2. The first-order valence-corrected chi connectivity index (χ1v) is 31.6. The Balaban J connectivity index is 0.000000506. The number of hydrogen-bond acceptors (Lipinski definition) is 19. The second-order valence-electron chi connectivity index (χ2n) is 23.3. The Morgan fingerprint density at radius 1 is 0.535 bits per heavy atom. The molecule has 0 bridgehead atoms. The molecule has 0 aliphatic heterocycles. The largest absolute Gasteiger partial charge is 1.00 e. The zero-order chi connectivity index (χ0) is 71.6. The number of rotatable bonds is 24. The predicted molar refractivity (Wildman–Crippen MR) is 374 cm³/mol. The Hall–Kier alpha value is -9.46. The molecule has 25 heteroatoms. The molecule has 0 fully saturated rings. The molecule has 6 aromatic carbocycles. The van der Waals surface area contributed by atoms with E-state index in [1.54, 1.807) is 18.1 Å². The van der Waals surface area contributed by atoms with Crippen LogP contribution in [0.15, 0.2) is 158 Å². The Morgan fingerprint density at radius 3 is 1.32 bits per heavy atom. The van der Waals surface area contributed by atoms with Crippen LogP contribution in [-0.4, -0.2) is 154 Å². The number of methoxy groups -OCH3 is 2. The van der Waals surface area contributed by atoms with Gasteiger partial charge in [0.25, 0.3) is 0 Å². The number of esters is 2. The Kier molecular flexibility index (Phi) is 39.1. The van der Waals surface area contributed by atoms with Gasteiger partial charge in [-0.25, -0.2) is 19.4 Å². The first-order valence-electron chi connectivity index (χ1n) is 31.6. The van der Waals surface area contributed by atoms with Gasteiger partial charge in [0, 0.05) is 104 Å². The minimum absolute atomic E-state index is 0. The van der Waals surface area contributed by atoms with E-state index in [1.165, 1.54) is 26.2 Å². The van der Waals surface area contributed by atoms with E-state index < -0.39 is 54.0 Å². The summed E-state index contributed by atoms with van der Waals surface area (Å²) in [6, 6.07) is 44.6. The summed E-state index contributed by atoms with van der Waals surface area (Å²) in [5.41, 5.74) is 11.4. The topological polar surface area (TPSA) is 325 Å². The zero-order valence-electron chi connectivity index (χ0n) is 58.5. The molecule has 4 atom stereocenters. The van der Waals surface area contributed by atoms with Crippen LogP contribution in [0, 0.1) is 11.8 Å². The van der Waals surface area contributed by atoms with Gasteiger partial charge in [0.05, 0.1) is 50.2 Å². The van der Waals surface area contributed by atoms with Crippen LogP contribution < -0.4 is 56.3 Å². The summed E-state index contributed by atoms with van der Waals surface area (Å²) in [4.78, 5) is 136. The fourth-order valence-electron chi connectivity index (χ4n) is 10.2. The summed E-state index contributed by atoms with van der Waals surface area (Å²) in [7, 11) is 5.72. The van der Waals surface area contributed by atoms with Gasteiger partial charge in [0.15, 0.2) is 6.29 Å². The third-order valence-corrected chi connectivity index (χ3v) is 14.7. The molecule has 0 aliphatic carbocycles. The van der Waals surface area contributed by atoms with Gasteiger partial charge in [-0.3, -0.25) is 43.5 Å². The summed E-state index contributed by atoms with van der Waals surface area (Å²) in [5.74, 6) is -3.97. The van der Waals surface area contributed by atoms with Crippen molar-refractivity contribution in [1.29, 1.82) is 0 Å². The molecule has 23 nitrogen and oxygen atoms in total. The van der Waals surface area contributed by atoms with Gasteiger partial charge in [-0.1, -0.05) is 149 Å². The SMILES string of the molecule is CC(=O)OOC(C)=O.CC(=O)[O-].CNC(=O)[C@H](Cc1ccc2ccccc2c1)N(CCC(=O)OC)C(=O)[C@@H](N)CC(C)C.CNC(=O)[C@H](Cc1ccc2ccccc2c1)N(CCC(=O)OC)C(=O)[C@H](CC(C)C)NCc1cnc2ccccc2c1.O=Cc1cnc2ccccc2c1.[B].[Na+]. The van der Waals surface area contributed by atoms with Gasteiger partial charge in [-0.05, 0) is 94.1 Å². The van der Waals surface area contributed by atoms with Gasteiger partial charge in [0.2, 0.25) is 23.6 Å². The molecule has 0 aliphatic rings. The summed E-state index contributed by atoms with van der Waals surface area (Å²) >= 11 is 0. The van der Waals surface area contributed by atoms with Crippen LogP contribution in [-0.2, 0) is 81.8 Å². The Bertz CT molecular complexity index is 3930. The molecule has 2 aromatic heterocycles. The van der Waals surface area contributed by atoms with E-state index in [-0.39, 0.29) is 99.4 Å². The maximum absolute atomic E-state index is 14.3. The standard InChI is InChI=1S/C34H40N4O4.C24H33N3O4.C10H7NO.C4H6O4.C2H4O2.B.Na/c1-23(2)17-30(37-22-25-19-28-11-7-8-12-29(28)36-21-25)34(41)38(16-15-32(39)42-4)31(33(40)35-3)20-24-13-14-26-9-5-6-10-27(26)18-24;1-16(2)13-20(25)24(30)27(12-11-22(28)31-4)21(23(29)26-3)15-17-9-10-18-7-5-6-8-19(18)14-17;12-7-8-5-9-3-1-2-4-10(9)11-6-8;1-3(5)7-8-4(2)6;1-2(3)4;;/h5-14,18-19,21,23,30-31,37H,15-17,20,22H2,1-4H3,(H,35,40);5-10,14,16,20-21H,11-13,15,25H2,1-4H3,(H,26,29);1-7H;1-2H3;1H3,(H,3,4);;/q;;;;;;+1/p-1/t30-,31-;20-,21-;;;;;/m00...../s1. The molecule has 8 rings (SSSR count). The Labute approximate surface area is 602 Å². The number of benzene rings is 6. The number of nitrogens with zero attached hydrogens (tertiary/aromatic N) is 4. The molecule has 4 amide bonds. The number of aliphatic carboxylic acids is 1. The third-order valence-electron chi connectivity index (χ3n) is 14.7. The maximum Gasteiger partial charge on any atom is 1.00 e. The minimum atomic E-state index is -1.08. The first kappa shape index (κ1) is 85.6. The van der Waals surface area contributed by atoms with Crippen LogP contribution in [0.25, 0.3) is 43.4 Å². The predicted octanol–water partition coefficient (Wildman–Crippen LogP) is 4.36. The molecule has 0 saturated carbocycles. The zero-order valence-corrected chi connectivity index (χ0v) is 60.5. The van der Waals surface area contributed by atoms with Gasteiger partial charge >= 0.3 is 53.4 Å². The van der Waals surface area contributed by atoms with Gasteiger partial charge < -0.3 is 50.9 Å². The van der Waals surface area contributed by atoms with Crippen LogP contribution >= 0.6 is 0 Å². The number of likely N-dealkylation sites (N-methyl/N-ethyl adjacent to an activating group) is 2. The average Bonchev–Trinajstić information content (AvgIpc) is 0.837. The van der Waals surface area contributed by atoms with Crippen LogP contribution in [0.1, 0.15) is 101 Å². The third kappa shape index (κ3) is 30.1. The molecule has 8 aromatic rings. The average molecular weight is 1360 g/mol. The number of fused-ring (bicyclic) bond motifs is 4. The molecule has 5 N–H and O–H groups in total. The number of pyridine rings is 2. The molecule has 99 heavy (non-hydrogen) atoms. The van der Waals surface area contributed by atoms with Crippen molar-refractivity contribution in [1.82, 2.24) is 35.7 Å². The van der Waals surface area contributed by atoms with E-state index in [9.17, 15) is 43.2 Å². The van der Waals surface area contributed by atoms with Crippen LogP contribution in [0.2, 0.25) is 0 Å². The van der Waals surface area contributed by atoms with Crippen molar-refractivity contribution >= 4 is 112 Å². The number of ether oxygens (including phenoxy) is 2. The molecule has 0 unspecified atom stereocenters. The van der Waals surface area contributed by atoms with Crippen molar-refractivity contribution in [3.05, 3.63) is 180 Å². The first-order chi connectivity index (χ1) is 46.3. The van der Waals surface area contributed by atoms with Crippen molar-refractivity contribution in [3.63, 3.8) is 0 Å². The normalized spacial score (nSPS) is 11.5. The van der Waals surface area contributed by atoms with Crippen molar-refractivity contribution < 1.29 is 102 Å². The van der Waals surface area contributed by atoms with Crippen molar-refractivity contribution in [3.8, 4) is 0 Å². The van der Waals surface area contributed by atoms with E-state index in [1.807, 2.05) is 160 Å². The number of nitrogens with one attached hydrogen (secondary N) is 3. The fraction of sp³-hybridized carbons (Fsp3) is 0.351. The number of amides is 4. The number of para-hydroxylation sites is 2. The summed E-state index contributed by atoms with van der Waals surface area (Å²) in [6.45, 7) is 11.9. The molecule has 3 radical (unpaired) electrons. The monoisotopic (exact) mass is 1360 g/mol. The van der Waals surface area contributed by atoms with Gasteiger partial charge in [0.1, 0.15) is 12.1 Å². The van der Waals surface area contributed by atoms with Crippen molar-refractivity contribution in [2.24, 2.45) is 17.6 Å². The van der Waals surface area contributed by atoms with E-state index in [4.69, 9.17) is 25.1 Å². The molecule has 0 saturated heterocycles. The van der Waals surface area contributed by atoms with Gasteiger partial charge in [-0.2, -0.15) is 0 Å². The van der Waals surface area contributed by atoms with E-state index >= 15 is 0 Å². The number of hydrogen-bond donors (Lipinski definition) is 4. The quantitative estimate of drug-likeness (QED) is 0.0215. The minimum Gasteiger partial charge on any atom is -0.550 e. The number of carboxylic acids is 1. The molecule has 519 valence electrons. The Morgan fingerprint density at radius 2 is 0.919 bits per heavy atom. The smallest absolute Gasteiger partial charge is 0.550 e. The van der Waals surface area contributed by atoms with E-state index in [0.717, 1.165) is 87.1 Å². The molecule has 0 spiro atoms. The van der Waals surface area contributed by atoms with Crippen LogP contribution in [0.5, 0.6) is 0 Å².